The van der Waals surface area contributed by atoms with Crippen LogP contribution in [-0.4, -0.2) is 44.0 Å². The molecule has 1 unspecified atom stereocenters. The Labute approximate surface area is 176 Å². The molecular weight excluding hydrogens is 380 g/mol. The van der Waals surface area contributed by atoms with E-state index in [1.165, 1.54) is 0 Å². The fraction of sp³-hybridized carbons (Fsp3) is 0.333. The minimum absolute atomic E-state index is 0.172. The molecule has 1 amide bonds. The highest BCUT2D eigenvalue weighted by atomic mass is 16.5. The summed E-state index contributed by atoms with van der Waals surface area (Å²) >= 11 is 0. The van der Waals surface area contributed by atoms with Crippen LogP contribution in [0, 0.1) is 5.92 Å². The van der Waals surface area contributed by atoms with Crippen molar-refractivity contribution in [2.45, 2.75) is 19.9 Å². The lowest BCUT2D eigenvalue weighted by molar-refractivity contribution is -0.147. The standard InChI is InChI=1S/C24H28N2O4/c1-4-29-24(28)18(14-17-10-6-5-7-11-17)15-25-23(27)22-20(16-26(2)3)19-12-8-9-13-21(19)30-22/h5-13,18H,4,14-16H2,1-3H3,(H,25,27). The molecule has 2 aromatic carbocycles. The van der Waals surface area contributed by atoms with Gasteiger partial charge in [-0.1, -0.05) is 48.5 Å². The molecule has 0 bridgehead atoms. The van der Waals surface area contributed by atoms with Crippen molar-refractivity contribution in [2.75, 3.05) is 27.2 Å². The Hall–Kier alpha value is -3.12. The summed E-state index contributed by atoms with van der Waals surface area (Å²) in [7, 11) is 3.89. The second-order valence-corrected chi connectivity index (χ2v) is 7.49. The van der Waals surface area contributed by atoms with Gasteiger partial charge in [-0.2, -0.15) is 0 Å². The number of benzene rings is 2. The molecule has 30 heavy (non-hydrogen) atoms. The van der Waals surface area contributed by atoms with Gasteiger partial charge in [0.05, 0.1) is 12.5 Å². The molecule has 6 heteroatoms. The Morgan fingerprint density at radius 3 is 2.47 bits per heavy atom. The SMILES string of the molecule is CCOC(=O)C(CNC(=O)c1oc2ccccc2c1CN(C)C)Cc1ccccc1. The smallest absolute Gasteiger partial charge is 0.311 e. The van der Waals surface area contributed by atoms with Gasteiger partial charge >= 0.3 is 5.97 Å². The number of hydrogen-bond acceptors (Lipinski definition) is 5. The van der Waals surface area contributed by atoms with E-state index in [1.807, 2.05) is 73.6 Å². The van der Waals surface area contributed by atoms with E-state index in [9.17, 15) is 9.59 Å². The van der Waals surface area contributed by atoms with Crippen molar-refractivity contribution in [1.29, 1.82) is 0 Å². The molecule has 3 aromatic rings. The van der Waals surface area contributed by atoms with E-state index in [-0.39, 0.29) is 24.2 Å². The molecule has 0 saturated carbocycles. The lowest BCUT2D eigenvalue weighted by Crippen LogP contribution is -2.35. The molecule has 6 nitrogen and oxygen atoms in total. The summed E-state index contributed by atoms with van der Waals surface area (Å²) in [5.74, 6) is -0.838. The van der Waals surface area contributed by atoms with Crippen LogP contribution in [0.4, 0.5) is 0 Å². The first-order valence-electron chi connectivity index (χ1n) is 10.1. The van der Waals surface area contributed by atoms with Gasteiger partial charge in [0.2, 0.25) is 0 Å². The summed E-state index contributed by atoms with van der Waals surface area (Å²) in [5.41, 5.74) is 2.52. The maximum Gasteiger partial charge on any atom is 0.311 e. The molecule has 0 saturated heterocycles. The van der Waals surface area contributed by atoms with E-state index in [0.717, 1.165) is 16.5 Å². The number of carbonyl (C=O) groups is 2. The first-order chi connectivity index (χ1) is 14.5. The summed E-state index contributed by atoms with van der Waals surface area (Å²) in [4.78, 5) is 27.4. The van der Waals surface area contributed by atoms with Crippen molar-refractivity contribution in [3.05, 3.63) is 71.5 Å². The van der Waals surface area contributed by atoms with E-state index < -0.39 is 5.92 Å². The van der Waals surface area contributed by atoms with Crippen LogP contribution in [0.1, 0.15) is 28.6 Å². The Balaban J connectivity index is 1.78. The zero-order valence-electron chi connectivity index (χ0n) is 17.7. The fourth-order valence-corrected chi connectivity index (χ4v) is 3.45. The molecule has 0 aliphatic rings. The van der Waals surface area contributed by atoms with Gasteiger partial charge in [-0.3, -0.25) is 9.59 Å². The molecule has 0 radical (unpaired) electrons. The quantitative estimate of drug-likeness (QED) is 0.547. The second kappa shape index (κ2) is 10.1. The number of hydrogen-bond donors (Lipinski definition) is 1. The van der Waals surface area contributed by atoms with Crippen molar-refractivity contribution >= 4 is 22.8 Å². The number of amides is 1. The first kappa shape index (κ1) is 21.6. The third-order valence-corrected chi connectivity index (χ3v) is 4.83. The average Bonchev–Trinajstić information content (AvgIpc) is 3.10. The summed E-state index contributed by atoms with van der Waals surface area (Å²) in [5, 5.41) is 3.80. The number of esters is 1. The minimum atomic E-state index is -0.474. The van der Waals surface area contributed by atoms with Crippen molar-refractivity contribution < 1.29 is 18.7 Å². The van der Waals surface area contributed by atoms with Crippen LogP contribution in [0.5, 0.6) is 0 Å². The Bertz CT molecular complexity index is 995. The van der Waals surface area contributed by atoms with Gasteiger partial charge in [0.15, 0.2) is 5.76 Å². The van der Waals surface area contributed by atoms with E-state index in [0.29, 0.717) is 25.2 Å². The maximum atomic E-state index is 13.0. The molecule has 3 rings (SSSR count). The third kappa shape index (κ3) is 5.27. The number of nitrogens with one attached hydrogen (secondary N) is 1. The van der Waals surface area contributed by atoms with Crippen molar-refractivity contribution in [1.82, 2.24) is 10.2 Å². The summed E-state index contributed by atoms with van der Waals surface area (Å²) in [6, 6.07) is 17.3. The van der Waals surface area contributed by atoms with Gasteiger partial charge in [0.1, 0.15) is 5.58 Å². The largest absolute Gasteiger partial charge is 0.466 e. The van der Waals surface area contributed by atoms with Gasteiger partial charge < -0.3 is 19.4 Å². The molecule has 1 aromatic heterocycles. The molecule has 0 aliphatic heterocycles. The van der Waals surface area contributed by atoms with Gasteiger partial charge in [-0.25, -0.2) is 0 Å². The number of carbonyl (C=O) groups excluding carboxylic acids is 2. The van der Waals surface area contributed by atoms with Crippen molar-refractivity contribution in [2.24, 2.45) is 5.92 Å². The highest BCUT2D eigenvalue weighted by Gasteiger charge is 2.25. The monoisotopic (exact) mass is 408 g/mol. The van der Waals surface area contributed by atoms with Gasteiger partial charge in [-0.05, 0) is 39.1 Å². The number of furan rings is 1. The van der Waals surface area contributed by atoms with Crippen molar-refractivity contribution in [3.8, 4) is 0 Å². The molecule has 158 valence electrons. The molecular formula is C24H28N2O4. The number of ether oxygens (including phenoxy) is 1. The molecule has 1 N–H and O–H groups in total. The predicted octanol–water partition coefficient (Wildman–Crippen LogP) is 3.65. The number of nitrogens with zero attached hydrogens (tertiary/aromatic N) is 1. The summed E-state index contributed by atoms with van der Waals surface area (Å²) in [6.45, 7) is 2.82. The average molecular weight is 408 g/mol. The van der Waals surface area contributed by atoms with E-state index >= 15 is 0 Å². The predicted molar refractivity (Wildman–Crippen MR) is 116 cm³/mol. The normalized spacial score (nSPS) is 12.1. The lowest BCUT2D eigenvalue weighted by Gasteiger charge is -2.16. The Morgan fingerprint density at radius 2 is 1.77 bits per heavy atom. The number of fused-ring (bicyclic) bond motifs is 1. The van der Waals surface area contributed by atoms with E-state index in [4.69, 9.17) is 9.15 Å². The van der Waals surface area contributed by atoms with E-state index in [1.54, 1.807) is 6.92 Å². The molecule has 1 heterocycles. The zero-order valence-corrected chi connectivity index (χ0v) is 17.7. The van der Waals surface area contributed by atoms with Crippen LogP contribution in [-0.2, 0) is 22.5 Å². The second-order valence-electron chi connectivity index (χ2n) is 7.49. The van der Waals surface area contributed by atoms with Crippen molar-refractivity contribution in [3.63, 3.8) is 0 Å². The van der Waals surface area contributed by atoms with Gasteiger partial charge in [-0.15, -0.1) is 0 Å². The Morgan fingerprint density at radius 1 is 1.07 bits per heavy atom. The minimum Gasteiger partial charge on any atom is -0.466 e. The first-order valence-corrected chi connectivity index (χ1v) is 10.1. The topological polar surface area (TPSA) is 71.8 Å². The number of para-hydroxylation sites is 1. The van der Waals surface area contributed by atoms with Gasteiger partial charge in [0.25, 0.3) is 5.91 Å². The molecule has 0 aliphatic carbocycles. The summed E-state index contributed by atoms with van der Waals surface area (Å²) in [6.07, 6.45) is 0.491. The Kier molecular flexibility index (Phi) is 7.25. The zero-order chi connectivity index (χ0) is 21.5. The third-order valence-electron chi connectivity index (χ3n) is 4.83. The lowest BCUT2D eigenvalue weighted by atomic mass is 9.99. The highest BCUT2D eigenvalue weighted by Crippen LogP contribution is 2.27. The molecule has 1 atom stereocenters. The van der Waals surface area contributed by atoms with Crippen LogP contribution in [0.15, 0.2) is 59.0 Å². The maximum absolute atomic E-state index is 13.0. The van der Waals surface area contributed by atoms with Crippen LogP contribution in [0.25, 0.3) is 11.0 Å². The van der Waals surface area contributed by atoms with Gasteiger partial charge in [0, 0.05) is 24.0 Å². The highest BCUT2D eigenvalue weighted by molar-refractivity contribution is 5.99. The molecule has 0 spiro atoms. The van der Waals surface area contributed by atoms with Crippen LogP contribution in [0.2, 0.25) is 0 Å². The van der Waals surface area contributed by atoms with Crippen LogP contribution >= 0.6 is 0 Å². The van der Waals surface area contributed by atoms with Crippen LogP contribution < -0.4 is 5.32 Å². The fourth-order valence-electron chi connectivity index (χ4n) is 3.45. The molecule has 0 fully saturated rings. The summed E-state index contributed by atoms with van der Waals surface area (Å²) < 4.78 is 11.1. The van der Waals surface area contributed by atoms with E-state index in [2.05, 4.69) is 5.32 Å². The van der Waals surface area contributed by atoms with Crippen LogP contribution in [0.3, 0.4) is 0 Å². The number of rotatable bonds is 9.